The van der Waals surface area contributed by atoms with Gasteiger partial charge in [0.25, 0.3) is 0 Å². The van der Waals surface area contributed by atoms with E-state index in [1.807, 2.05) is 28.8 Å². The van der Waals surface area contributed by atoms with Crippen LogP contribution in [0.5, 0.6) is 0 Å². The summed E-state index contributed by atoms with van der Waals surface area (Å²) in [4.78, 5) is 1.08. The number of nitriles is 1. The number of nitrogens with zero attached hydrogens (tertiary/aromatic N) is 2. The summed E-state index contributed by atoms with van der Waals surface area (Å²) in [6, 6.07) is 18.0. The van der Waals surface area contributed by atoms with E-state index in [9.17, 15) is 5.26 Å². The number of nitrogen functional groups attached to an aromatic ring is 1. The van der Waals surface area contributed by atoms with Crippen molar-refractivity contribution in [1.82, 2.24) is 4.57 Å². The molecule has 4 nitrogen and oxygen atoms in total. The van der Waals surface area contributed by atoms with Crippen molar-refractivity contribution in [2.75, 3.05) is 19.5 Å². The Kier molecular flexibility index (Phi) is 6.12. The van der Waals surface area contributed by atoms with E-state index < -0.39 is 0 Å². The molecule has 3 rings (SSSR count). The monoisotopic (exact) mass is 397 g/mol. The zero-order chi connectivity index (χ0) is 19.4. The minimum atomic E-state index is 0.453. The standard InChI is InChI=1S/C21H20ClN3OS/c1-14-3-9-17(10-4-14)27-21-19(15-5-7-16(22)8-6-15)18(13-23)20(24)25(21)11-12-26-2/h3-10H,11-12,24H2,1-2H3. The largest absolute Gasteiger partial charge is 0.384 e. The highest BCUT2D eigenvalue weighted by Crippen LogP contribution is 2.43. The molecule has 3 aromatic rings. The molecule has 138 valence electrons. The fraction of sp³-hybridized carbons (Fsp3) is 0.190. The first-order chi connectivity index (χ1) is 13.0. The fourth-order valence-corrected chi connectivity index (χ4v) is 4.08. The van der Waals surface area contributed by atoms with Gasteiger partial charge in [-0.25, -0.2) is 0 Å². The summed E-state index contributed by atoms with van der Waals surface area (Å²) in [7, 11) is 1.65. The number of aromatic nitrogens is 1. The molecular formula is C21H20ClN3OS. The van der Waals surface area contributed by atoms with Crippen molar-refractivity contribution >= 4 is 29.2 Å². The smallest absolute Gasteiger partial charge is 0.123 e. The van der Waals surface area contributed by atoms with E-state index in [-0.39, 0.29) is 0 Å². The van der Waals surface area contributed by atoms with Gasteiger partial charge in [0.05, 0.1) is 11.6 Å². The third-order valence-electron chi connectivity index (χ3n) is 4.26. The van der Waals surface area contributed by atoms with E-state index in [1.165, 1.54) is 5.56 Å². The minimum Gasteiger partial charge on any atom is -0.384 e. The van der Waals surface area contributed by atoms with Crippen LogP contribution in [-0.2, 0) is 11.3 Å². The number of aryl methyl sites for hydroxylation is 1. The number of rotatable bonds is 6. The first-order valence-corrected chi connectivity index (χ1v) is 9.66. The van der Waals surface area contributed by atoms with Gasteiger partial charge in [0.1, 0.15) is 17.5 Å². The van der Waals surface area contributed by atoms with Crippen LogP contribution in [0.2, 0.25) is 5.02 Å². The molecule has 27 heavy (non-hydrogen) atoms. The van der Waals surface area contributed by atoms with Gasteiger partial charge in [-0.3, -0.25) is 0 Å². The number of benzene rings is 2. The lowest BCUT2D eigenvalue weighted by Crippen LogP contribution is -2.09. The summed E-state index contributed by atoms with van der Waals surface area (Å²) >= 11 is 7.64. The molecule has 0 aliphatic carbocycles. The summed E-state index contributed by atoms with van der Waals surface area (Å²) < 4.78 is 7.19. The van der Waals surface area contributed by atoms with Crippen LogP contribution in [0.25, 0.3) is 11.1 Å². The predicted molar refractivity (Wildman–Crippen MR) is 111 cm³/mol. The summed E-state index contributed by atoms with van der Waals surface area (Å²) in [6.07, 6.45) is 0. The van der Waals surface area contributed by atoms with E-state index in [1.54, 1.807) is 18.9 Å². The molecule has 2 aromatic carbocycles. The highest BCUT2D eigenvalue weighted by molar-refractivity contribution is 7.99. The Hall–Kier alpha value is -2.39. The van der Waals surface area contributed by atoms with E-state index in [4.69, 9.17) is 22.1 Å². The molecule has 0 aliphatic rings. The van der Waals surface area contributed by atoms with Crippen LogP contribution in [0, 0.1) is 18.3 Å². The van der Waals surface area contributed by atoms with Crippen molar-refractivity contribution in [1.29, 1.82) is 5.26 Å². The minimum absolute atomic E-state index is 0.453. The maximum absolute atomic E-state index is 9.77. The van der Waals surface area contributed by atoms with E-state index in [0.717, 1.165) is 21.0 Å². The first-order valence-electron chi connectivity index (χ1n) is 8.46. The van der Waals surface area contributed by atoms with Crippen LogP contribution in [0.4, 0.5) is 5.82 Å². The van der Waals surface area contributed by atoms with Gasteiger partial charge in [-0.2, -0.15) is 5.26 Å². The molecule has 0 radical (unpaired) electrons. The van der Waals surface area contributed by atoms with Crippen molar-refractivity contribution in [2.24, 2.45) is 0 Å². The molecule has 0 amide bonds. The topological polar surface area (TPSA) is 64.0 Å². The number of hydrogen-bond donors (Lipinski definition) is 1. The lowest BCUT2D eigenvalue weighted by atomic mass is 10.1. The van der Waals surface area contributed by atoms with Gasteiger partial charge in [-0.15, -0.1) is 0 Å². The number of nitrogens with two attached hydrogens (primary N) is 1. The summed E-state index contributed by atoms with van der Waals surface area (Å²) in [5.41, 5.74) is 9.76. The molecule has 6 heteroatoms. The molecule has 0 bridgehead atoms. The normalized spacial score (nSPS) is 10.7. The Morgan fingerprint density at radius 3 is 2.41 bits per heavy atom. The maximum Gasteiger partial charge on any atom is 0.123 e. The number of anilines is 1. The lowest BCUT2D eigenvalue weighted by Gasteiger charge is -2.12. The highest BCUT2D eigenvalue weighted by atomic mass is 35.5. The Morgan fingerprint density at radius 1 is 1.15 bits per heavy atom. The van der Waals surface area contributed by atoms with Crippen LogP contribution < -0.4 is 5.73 Å². The van der Waals surface area contributed by atoms with Gasteiger partial charge in [0.2, 0.25) is 0 Å². The van der Waals surface area contributed by atoms with Gasteiger partial charge in [0.15, 0.2) is 0 Å². The predicted octanol–water partition coefficient (Wildman–Crippen LogP) is 5.37. The van der Waals surface area contributed by atoms with Crippen LogP contribution in [-0.4, -0.2) is 18.3 Å². The molecule has 0 spiro atoms. The molecule has 0 aliphatic heterocycles. The van der Waals surface area contributed by atoms with Crippen LogP contribution >= 0.6 is 23.4 Å². The quantitative estimate of drug-likeness (QED) is 0.607. The SMILES string of the molecule is COCCn1c(N)c(C#N)c(-c2ccc(Cl)cc2)c1Sc1ccc(C)cc1. The second-order valence-electron chi connectivity index (χ2n) is 6.12. The second-order valence-corrected chi connectivity index (χ2v) is 7.62. The molecule has 2 N–H and O–H groups in total. The first kappa shape index (κ1) is 19.4. The van der Waals surface area contributed by atoms with Gasteiger partial charge in [-0.1, -0.05) is 53.2 Å². The average Bonchev–Trinajstić information content (AvgIpc) is 2.93. The molecule has 1 aromatic heterocycles. The third kappa shape index (κ3) is 4.14. The summed E-state index contributed by atoms with van der Waals surface area (Å²) in [6.45, 7) is 3.13. The Labute approximate surface area is 168 Å². The number of hydrogen-bond acceptors (Lipinski definition) is 4. The Balaban J connectivity index is 2.18. The van der Waals surface area contributed by atoms with Gasteiger partial charge in [0, 0.05) is 29.1 Å². The third-order valence-corrected chi connectivity index (χ3v) is 5.63. The molecule has 1 heterocycles. The Morgan fingerprint density at radius 2 is 1.81 bits per heavy atom. The van der Waals surface area contributed by atoms with Gasteiger partial charge in [-0.05, 0) is 36.8 Å². The van der Waals surface area contributed by atoms with E-state index in [2.05, 4.69) is 37.3 Å². The average molecular weight is 398 g/mol. The maximum atomic E-state index is 9.77. The van der Waals surface area contributed by atoms with E-state index in [0.29, 0.717) is 29.6 Å². The second kappa shape index (κ2) is 8.53. The van der Waals surface area contributed by atoms with Crippen molar-refractivity contribution < 1.29 is 4.74 Å². The van der Waals surface area contributed by atoms with Crippen molar-refractivity contribution in [3.8, 4) is 17.2 Å². The van der Waals surface area contributed by atoms with Crippen LogP contribution in [0.1, 0.15) is 11.1 Å². The molecular weight excluding hydrogens is 378 g/mol. The number of halogens is 1. The summed E-state index contributed by atoms with van der Waals surface area (Å²) in [5.74, 6) is 0.453. The molecule has 0 fully saturated rings. The number of ether oxygens (including phenoxy) is 1. The number of methoxy groups -OCH3 is 1. The molecule has 0 atom stereocenters. The van der Waals surface area contributed by atoms with Crippen LogP contribution in [0.3, 0.4) is 0 Å². The fourth-order valence-electron chi connectivity index (χ4n) is 2.84. The van der Waals surface area contributed by atoms with Gasteiger partial charge >= 0.3 is 0 Å². The Bertz CT molecular complexity index is 973. The van der Waals surface area contributed by atoms with Crippen molar-refractivity contribution in [3.05, 3.63) is 64.7 Å². The lowest BCUT2D eigenvalue weighted by molar-refractivity contribution is 0.186. The highest BCUT2D eigenvalue weighted by Gasteiger charge is 2.23. The molecule has 0 unspecified atom stereocenters. The molecule has 0 saturated carbocycles. The zero-order valence-electron chi connectivity index (χ0n) is 15.2. The summed E-state index contributed by atoms with van der Waals surface area (Å²) in [5, 5.41) is 11.3. The van der Waals surface area contributed by atoms with Gasteiger partial charge < -0.3 is 15.0 Å². The molecule has 0 saturated heterocycles. The zero-order valence-corrected chi connectivity index (χ0v) is 16.8. The van der Waals surface area contributed by atoms with Crippen molar-refractivity contribution in [3.63, 3.8) is 0 Å². The van der Waals surface area contributed by atoms with E-state index >= 15 is 0 Å². The van der Waals surface area contributed by atoms with Crippen molar-refractivity contribution in [2.45, 2.75) is 23.4 Å². The van der Waals surface area contributed by atoms with Crippen LogP contribution in [0.15, 0.2) is 58.5 Å².